The Balaban J connectivity index is 0.000000278. The summed E-state index contributed by atoms with van der Waals surface area (Å²) in [7, 11) is 1.86. The minimum Gasteiger partial charge on any atom is -0.508 e. The number of phenolic OH excluding ortho intramolecular Hbond substituents is 1. The third-order valence-corrected chi connectivity index (χ3v) is 5.66. The van der Waals surface area contributed by atoms with Gasteiger partial charge in [-0.25, -0.2) is 4.98 Å². The maximum absolute atomic E-state index is 12.0. The normalized spacial score (nSPS) is 10.2. The van der Waals surface area contributed by atoms with Gasteiger partial charge in [0.05, 0.1) is 11.1 Å². The van der Waals surface area contributed by atoms with Crippen molar-refractivity contribution in [2.75, 3.05) is 30.8 Å². The van der Waals surface area contributed by atoms with Gasteiger partial charge < -0.3 is 20.6 Å². The number of anilines is 3. The van der Waals surface area contributed by atoms with Gasteiger partial charge in [-0.1, -0.05) is 17.4 Å². The summed E-state index contributed by atoms with van der Waals surface area (Å²) in [5.41, 5.74) is 3.08. The van der Waals surface area contributed by atoms with E-state index in [0.717, 1.165) is 23.1 Å². The zero-order chi connectivity index (χ0) is 23.7. The van der Waals surface area contributed by atoms with Gasteiger partial charge in [0, 0.05) is 43.7 Å². The number of aldehydes is 1. The van der Waals surface area contributed by atoms with Gasteiger partial charge >= 0.3 is 0 Å². The van der Waals surface area contributed by atoms with Gasteiger partial charge in [-0.2, -0.15) is 5.10 Å². The molecule has 1 amide bonds. The van der Waals surface area contributed by atoms with E-state index in [1.54, 1.807) is 27.9 Å². The van der Waals surface area contributed by atoms with Crippen molar-refractivity contribution in [3.63, 3.8) is 0 Å². The number of hydrogen-bond donors (Lipinski definition) is 3. The number of carbonyl (C=O) groups is 2. The van der Waals surface area contributed by atoms with Crippen LogP contribution in [0, 0.1) is 13.8 Å². The largest absolute Gasteiger partial charge is 0.508 e. The van der Waals surface area contributed by atoms with E-state index >= 15 is 0 Å². The van der Waals surface area contributed by atoms with Crippen molar-refractivity contribution in [2.45, 2.75) is 34.2 Å². The topological polar surface area (TPSA) is 112 Å². The van der Waals surface area contributed by atoms with Gasteiger partial charge in [0.15, 0.2) is 17.2 Å². The van der Waals surface area contributed by atoms with E-state index in [1.165, 1.54) is 17.5 Å². The molecular formula is C22H30N6O3S. The number of carbonyl (C=O) groups excluding carboxylic acids is 2. The zero-order valence-corrected chi connectivity index (χ0v) is 19.9. The standard InChI is InChI=1S/C13H17N5O2S.C9H13NO/c1-3-17(4-2)12(20)8-18-6-5-11(16-18)15-13-14-7-10(9-19)21-13;1-6-4-5-8(11)7(2)9(6)10-3/h5-7,9H,3-4,8H2,1-2H3,(H,14,15,16);4-5,10-11H,1-3H3. The molecule has 3 aromatic rings. The Bertz CT molecular complexity index is 1040. The van der Waals surface area contributed by atoms with Gasteiger partial charge in [-0.05, 0) is 39.3 Å². The predicted molar refractivity (Wildman–Crippen MR) is 128 cm³/mol. The second-order valence-electron chi connectivity index (χ2n) is 6.93. The number of benzene rings is 1. The second-order valence-corrected chi connectivity index (χ2v) is 7.99. The highest BCUT2D eigenvalue weighted by Gasteiger charge is 2.11. The maximum atomic E-state index is 12.0. The van der Waals surface area contributed by atoms with Gasteiger partial charge in [0.25, 0.3) is 0 Å². The van der Waals surface area contributed by atoms with Crippen molar-refractivity contribution >= 4 is 40.2 Å². The summed E-state index contributed by atoms with van der Waals surface area (Å²) < 4.78 is 1.58. The average Bonchev–Trinajstić information content (AvgIpc) is 3.42. The van der Waals surface area contributed by atoms with E-state index in [-0.39, 0.29) is 12.5 Å². The lowest BCUT2D eigenvalue weighted by Crippen LogP contribution is -2.33. The number of rotatable bonds is 8. The molecular weight excluding hydrogens is 428 g/mol. The lowest BCUT2D eigenvalue weighted by Gasteiger charge is -2.18. The molecule has 172 valence electrons. The molecule has 9 nitrogen and oxygen atoms in total. The van der Waals surface area contributed by atoms with Crippen LogP contribution in [-0.2, 0) is 11.3 Å². The number of hydrogen-bond acceptors (Lipinski definition) is 8. The van der Waals surface area contributed by atoms with E-state index in [9.17, 15) is 14.7 Å². The SMILES string of the molecule is CCN(CC)C(=O)Cn1ccc(Nc2ncc(C=O)s2)n1.CNc1c(C)ccc(O)c1C. The van der Waals surface area contributed by atoms with Crippen LogP contribution < -0.4 is 10.6 Å². The van der Waals surface area contributed by atoms with E-state index in [0.29, 0.717) is 34.7 Å². The van der Waals surface area contributed by atoms with Crippen molar-refractivity contribution in [2.24, 2.45) is 0 Å². The summed E-state index contributed by atoms with van der Waals surface area (Å²) in [6, 6.07) is 5.37. The van der Waals surface area contributed by atoms with Crippen LogP contribution in [0.25, 0.3) is 0 Å². The summed E-state index contributed by atoms with van der Waals surface area (Å²) >= 11 is 1.25. The highest BCUT2D eigenvalue weighted by atomic mass is 32.1. The molecule has 3 N–H and O–H groups in total. The average molecular weight is 459 g/mol. The van der Waals surface area contributed by atoms with Crippen LogP contribution in [0.4, 0.5) is 16.6 Å². The Labute approximate surface area is 192 Å². The van der Waals surface area contributed by atoms with Crippen LogP contribution in [0.15, 0.2) is 30.6 Å². The molecule has 2 aromatic heterocycles. The molecule has 10 heteroatoms. The van der Waals surface area contributed by atoms with E-state index in [4.69, 9.17) is 0 Å². The first-order valence-electron chi connectivity index (χ1n) is 10.3. The molecule has 0 bridgehead atoms. The quantitative estimate of drug-likeness (QED) is 0.440. The molecule has 0 saturated carbocycles. The highest BCUT2D eigenvalue weighted by Crippen LogP contribution is 2.27. The first-order valence-corrected chi connectivity index (χ1v) is 11.1. The minimum atomic E-state index is 0.0344. The van der Waals surface area contributed by atoms with Crippen LogP contribution in [-0.4, -0.2) is 57.1 Å². The van der Waals surface area contributed by atoms with Gasteiger partial charge in [0.1, 0.15) is 12.3 Å². The number of nitrogens with zero attached hydrogens (tertiary/aromatic N) is 4. The van der Waals surface area contributed by atoms with Gasteiger partial charge in [-0.15, -0.1) is 0 Å². The Morgan fingerprint density at radius 3 is 2.53 bits per heavy atom. The van der Waals surface area contributed by atoms with Crippen molar-refractivity contribution in [3.05, 3.63) is 46.6 Å². The molecule has 0 fully saturated rings. The van der Waals surface area contributed by atoms with Crippen LogP contribution in [0.5, 0.6) is 5.75 Å². The Morgan fingerprint density at radius 1 is 1.25 bits per heavy atom. The first-order chi connectivity index (χ1) is 15.3. The molecule has 32 heavy (non-hydrogen) atoms. The Kier molecular flexibility index (Phi) is 9.21. The summed E-state index contributed by atoms with van der Waals surface area (Å²) in [6.45, 7) is 9.40. The van der Waals surface area contributed by atoms with Crippen LogP contribution in [0.1, 0.15) is 34.6 Å². The maximum Gasteiger partial charge on any atom is 0.244 e. The molecule has 0 radical (unpaired) electrons. The summed E-state index contributed by atoms with van der Waals surface area (Å²) in [6.07, 6.45) is 3.99. The van der Waals surface area contributed by atoms with E-state index < -0.39 is 0 Å². The molecule has 0 aliphatic heterocycles. The van der Waals surface area contributed by atoms with Crippen molar-refractivity contribution in [1.82, 2.24) is 19.7 Å². The van der Waals surface area contributed by atoms with Crippen molar-refractivity contribution in [1.29, 1.82) is 0 Å². The van der Waals surface area contributed by atoms with Crippen LogP contribution >= 0.6 is 11.3 Å². The molecule has 0 saturated heterocycles. The number of likely N-dealkylation sites (N-methyl/N-ethyl adjacent to an activating group) is 1. The van der Waals surface area contributed by atoms with E-state index in [2.05, 4.69) is 20.7 Å². The zero-order valence-electron chi connectivity index (χ0n) is 19.0. The third-order valence-electron chi connectivity index (χ3n) is 4.82. The van der Waals surface area contributed by atoms with Crippen LogP contribution in [0.3, 0.4) is 0 Å². The lowest BCUT2D eigenvalue weighted by atomic mass is 10.1. The first kappa shape index (κ1) is 24.9. The number of aromatic hydroxyl groups is 1. The van der Waals surface area contributed by atoms with Gasteiger partial charge in [-0.3, -0.25) is 14.3 Å². The smallest absolute Gasteiger partial charge is 0.244 e. The van der Waals surface area contributed by atoms with Crippen molar-refractivity contribution < 1.29 is 14.7 Å². The third kappa shape index (κ3) is 6.55. The monoisotopic (exact) mass is 458 g/mol. The molecule has 2 heterocycles. The molecule has 3 rings (SSSR count). The van der Waals surface area contributed by atoms with E-state index in [1.807, 2.05) is 40.8 Å². The molecule has 0 spiro atoms. The number of phenols is 1. The fraction of sp³-hybridized carbons (Fsp3) is 0.364. The van der Waals surface area contributed by atoms with Crippen molar-refractivity contribution in [3.8, 4) is 5.75 Å². The number of aryl methyl sites for hydroxylation is 1. The summed E-state index contributed by atoms with van der Waals surface area (Å²) in [5, 5.41) is 20.2. The number of nitrogens with one attached hydrogen (secondary N) is 2. The molecule has 0 aliphatic rings. The molecule has 0 aliphatic carbocycles. The van der Waals surface area contributed by atoms with Gasteiger partial charge in [0.2, 0.25) is 5.91 Å². The predicted octanol–water partition coefficient (Wildman–Crippen LogP) is 3.81. The number of amides is 1. The lowest BCUT2D eigenvalue weighted by molar-refractivity contribution is -0.131. The number of aromatic nitrogens is 3. The molecule has 0 unspecified atom stereocenters. The second kappa shape index (κ2) is 11.8. The fourth-order valence-electron chi connectivity index (χ4n) is 3.06. The summed E-state index contributed by atoms with van der Waals surface area (Å²) in [5.74, 6) is 0.973. The number of thiazole rings is 1. The molecule has 1 aromatic carbocycles. The molecule has 0 atom stereocenters. The minimum absolute atomic E-state index is 0.0344. The fourth-order valence-corrected chi connectivity index (χ4v) is 3.70. The highest BCUT2D eigenvalue weighted by molar-refractivity contribution is 7.17. The Hall–Kier alpha value is -3.40. The van der Waals surface area contributed by atoms with Crippen LogP contribution in [0.2, 0.25) is 0 Å². The Morgan fingerprint density at radius 2 is 1.97 bits per heavy atom. The summed E-state index contributed by atoms with van der Waals surface area (Å²) in [4.78, 5) is 28.9.